The zero-order valence-electron chi connectivity index (χ0n) is 17.2. The summed E-state index contributed by atoms with van der Waals surface area (Å²) < 4.78 is 2.58. The molecular formula is C26H30N+. The maximum Gasteiger partial charge on any atom is 0.213 e. The summed E-state index contributed by atoms with van der Waals surface area (Å²) in [5.74, 6) is 0. The van der Waals surface area contributed by atoms with Gasteiger partial charge < -0.3 is 0 Å². The average molecular weight is 357 g/mol. The molecule has 0 saturated carbocycles. The van der Waals surface area contributed by atoms with Crippen LogP contribution in [0.3, 0.4) is 0 Å². The molecule has 0 bridgehead atoms. The third kappa shape index (κ3) is 2.41. The Morgan fingerprint density at radius 1 is 0.815 bits per heavy atom. The van der Waals surface area contributed by atoms with Crippen LogP contribution in [0.15, 0.2) is 66.9 Å². The third-order valence-corrected chi connectivity index (χ3v) is 7.29. The smallest absolute Gasteiger partial charge is 0.192 e. The largest absolute Gasteiger partial charge is 0.213 e. The van der Waals surface area contributed by atoms with Crippen LogP contribution in [0.1, 0.15) is 51.7 Å². The van der Waals surface area contributed by atoms with Crippen LogP contribution in [0, 0.1) is 6.92 Å². The number of hydrogen-bond acceptors (Lipinski definition) is 0. The van der Waals surface area contributed by atoms with E-state index in [9.17, 15) is 0 Å². The number of rotatable bonds is 3. The van der Waals surface area contributed by atoms with Gasteiger partial charge in [-0.2, -0.15) is 4.57 Å². The Bertz CT molecular complexity index is 988. The molecule has 0 N–H and O–H groups in total. The fraction of sp³-hybridized carbons (Fsp3) is 0.346. The Labute approximate surface area is 163 Å². The van der Waals surface area contributed by atoms with Crippen molar-refractivity contribution in [2.75, 3.05) is 0 Å². The van der Waals surface area contributed by atoms with Crippen molar-refractivity contribution in [3.8, 4) is 22.4 Å². The number of nitrogens with zero attached hydrogens (tertiary/aromatic N) is 1. The molecule has 1 aliphatic rings. The first kappa shape index (κ1) is 18.0. The molecule has 2 aromatic carbocycles. The maximum atomic E-state index is 2.58. The first-order valence-corrected chi connectivity index (χ1v) is 10.2. The fourth-order valence-electron chi connectivity index (χ4n) is 5.06. The monoisotopic (exact) mass is 356 g/mol. The van der Waals surface area contributed by atoms with Crippen molar-refractivity contribution < 1.29 is 4.57 Å². The summed E-state index contributed by atoms with van der Waals surface area (Å²) in [6.07, 6.45) is 4.63. The van der Waals surface area contributed by atoms with E-state index >= 15 is 0 Å². The van der Waals surface area contributed by atoms with Crippen LogP contribution in [-0.4, -0.2) is 0 Å². The van der Waals surface area contributed by atoms with E-state index in [0.29, 0.717) is 0 Å². The molecule has 1 aliphatic heterocycles. The van der Waals surface area contributed by atoms with E-state index in [1.54, 1.807) is 0 Å². The number of aryl methyl sites for hydroxylation is 1. The van der Waals surface area contributed by atoms with E-state index in [2.05, 4.69) is 106 Å². The molecule has 2 unspecified atom stereocenters. The van der Waals surface area contributed by atoms with Gasteiger partial charge in [-0.15, -0.1) is 0 Å². The zero-order valence-corrected chi connectivity index (χ0v) is 17.2. The molecule has 0 fully saturated rings. The predicted octanol–water partition coefficient (Wildman–Crippen LogP) is 6.42. The number of benzene rings is 2. The molecule has 0 aliphatic carbocycles. The second-order valence-electron chi connectivity index (χ2n) is 8.35. The van der Waals surface area contributed by atoms with Gasteiger partial charge in [-0.05, 0) is 43.0 Å². The van der Waals surface area contributed by atoms with Gasteiger partial charge in [-0.1, -0.05) is 62.4 Å². The number of aromatic nitrogens is 1. The molecule has 4 rings (SSSR count). The highest BCUT2D eigenvalue weighted by Crippen LogP contribution is 2.49. The number of fused-ring (bicyclic) bond motifs is 3. The van der Waals surface area contributed by atoms with Crippen molar-refractivity contribution in [2.24, 2.45) is 0 Å². The highest BCUT2D eigenvalue weighted by molar-refractivity contribution is 5.71. The normalized spacial score (nSPS) is 23.6. The molecule has 2 atom stereocenters. The predicted molar refractivity (Wildman–Crippen MR) is 114 cm³/mol. The lowest BCUT2D eigenvalue weighted by Gasteiger charge is -2.46. The van der Waals surface area contributed by atoms with E-state index in [0.717, 1.165) is 12.8 Å². The van der Waals surface area contributed by atoms with E-state index < -0.39 is 0 Å². The van der Waals surface area contributed by atoms with Gasteiger partial charge in [-0.25, -0.2) is 0 Å². The Morgan fingerprint density at radius 2 is 1.48 bits per heavy atom. The van der Waals surface area contributed by atoms with Gasteiger partial charge in [0.2, 0.25) is 5.69 Å². The lowest BCUT2D eigenvalue weighted by Crippen LogP contribution is -2.67. The average Bonchev–Trinajstić information content (AvgIpc) is 2.72. The van der Waals surface area contributed by atoms with Crippen molar-refractivity contribution >= 4 is 0 Å². The van der Waals surface area contributed by atoms with E-state index in [1.165, 1.54) is 33.5 Å². The van der Waals surface area contributed by atoms with Crippen LogP contribution >= 0.6 is 0 Å². The fourth-order valence-corrected chi connectivity index (χ4v) is 5.06. The number of pyridine rings is 1. The van der Waals surface area contributed by atoms with E-state index in [1.807, 2.05) is 0 Å². The molecule has 0 spiro atoms. The summed E-state index contributed by atoms with van der Waals surface area (Å²) in [5.41, 5.74) is 8.30. The van der Waals surface area contributed by atoms with Crippen molar-refractivity contribution in [3.05, 3.63) is 78.0 Å². The minimum absolute atomic E-state index is 0.0304. The van der Waals surface area contributed by atoms with Gasteiger partial charge in [-0.3, -0.25) is 0 Å². The van der Waals surface area contributed by atoms with Crippen LogP contribution in [0.25, 0.3) is 22.4 Å². The molecular weight excluding hydrogens is 326 g/mol. The van der Waals surface area contributed by atoms with Crippen LogP contribution in [0.2, 0.25) is 0 Å². The SMILES string of the molecule is CCC1(C)c2ccccc2-c2cc(C)c(-c3ccccc3)c[n+]2C1(C)CC. The standard InChI is InChI=1S/C26H30N/c1-6-25(4)23-16-12-11-15-21(23)24-17-19(3)22(20-13-9-8-10-14-20)18-27(24)26(25,5)7-2/h8-18H,6-7H2,1-5H3/q+1. The van der Waals surface area contributed by atoms with Crippen molar-refractivity contribution in [1.29, 1.82) is 0 Å². The Morgan fingerprint density at radius 3 is 2.15 bits per heavy atom. The minimum atomic E-state index is 0.0304. The van der Waals surface area contributed by atoms with Gasteiger partial charge in [0.1, 0.15) is 0 Å². The first-order chi connectivity index (χ1) is 13.0. The molecule has 0 saturated heterocycles. The minimum Gasteiger partial charge on any atom is -0.192 e. The first-order valence-electron chi connectivity index (χ1n) is 10.2. The van der Waals surface area contributed by atoms with Gasteiger partial charge in [0, 0.05) is 25.0 Å². The van der Waals surface area contributed by atoms with Crippen LogP contribution in [-0.2, 0) is 11.0 Å². The molecule has 1 heteroatoms. The Hall–Kier alpha value is -2.41. The molecule has 0 amide bonds. The number of hydrogen-bond donors (Lipinski definition) is 0. The van der Waals surface area contributed by atoms with Gasteiger partial charge in [0.05, 0.1) is 11.0 Å². The highest BCUT2D eigenvalue weighted by atomic mass is 15.1. The van der Waals surface area contributed by atoms with Crippen molar-refractivity contribution in [3.63, 3.8) is 0 Å². The summed E-state index contributed by atoms with van der Waals surface area (Å²) in [7, 11) is 0. The lowest BCUT2D eigenvalue weighted by molar-refractivity contribution is -0.764. The van der Waals surface area contributed by atoms with Crippen LogP contribution in [0.5, 0.6) is 0 Å². The topological polar surface area (TPSA) is 3.88 Å². The molecule has 138 valence electrons. The third-order valence-electron chi connectivity index (χ3n) is 7.29. The molecule has 27 heavy (non-hydrogen) atoms. The zero-order chi connectivity index (χ0) is 19.2. The van der Waals surface area contributed by atoms with Crippen molar-refractivity contribution in [2.45, 2.75) is 58.4 Å². The second kappa shape index (κ2) is 6.34. The Kier molecular flexibility index (Phi) is 4.22. The van der Waals surface area contributed by atoms with E-state index in [-0.39, 0.29) is 11.0 Å². The van der Waals surface area contributed by atoms with Gasteiger partial charge in [0.15, 0.2) is 11.7 Å². The van der Waals surface area contributed by atoms with E-state index in [4.69, 9.17) is 0 Å². The molecule has 1 aromatic heterocycles. The summed E-state index contributed by atoms with van der Waals surface area (Å²) in [6, 6.07) is 22.2. The highest BCUT2D eigenvalue weighted by Gasteiger charge is 2.56. The summed E-state index contributed by atoms with van der Waals surface area (Å²) in [6.45, 7) is 11.8. The van der Waals surface area contributed by atoms with Crippen molar-refractivity contribution in [1.82, 2.24) is 0 Å². The summed E-state index contributed by atoms with van der Waals surface area (Å²) in [5, 5.41) is 0. The Balaban J connectivity index is 2.08. The molecule has 0 radical (unpaired) electrons. The van der Waals surface area contributed by atoms with Crippen LogP contribution in [0.4, 0.5) is 0 Å². The summed E-state index contributed by atoms with van der Waals surface area (Å²) in [4.78, 5) is 0. The quantitative estimate of drug-likeness (QED) is 0.477. The molecule has 3 aromatic rings. The van der Waals surface area contributed by atoms with Gasteiger partial charge >= 0.3 is 0 Å². The summed E-state index contributed by atoms with van der Waals surface area (Å²) >= 11 is 0. The molecule has 2 heterocycles. The lowest BCUT2D eigenvalue weighted by atomic mass is 9.60. The van der Waals surface area contributed by atoms with Gasteiger partial charge in [0.25, 0.3) is 0 Å². The maximum absolute atomic E-state index is 2.58. The second-order valence-corrected chi connectivity index (χ2v) is 8.35. The van der Waals surface area contributed by atoms with Crippen LogP contribution < -0.4 is 4.57 Å². The molecule has 1 nitrogen and oxygen atoms in total.